The van der Waals surface area contributed by atoms with Crippen molar-refractivity contribution >= 4 is 10.0 Å². The van der Waals surface area contributed by atoms with Crippen molar-refractivity contribution in [2.24, 2.45) is 11.8 Å². The molecule has 1 aromatic carbocycles. The molecule has 0 amide bonds. The van der Waals surface area contributed by atoms with E-state index >= 15 is 0 Å². The van der Waals surface area contributed by atoms with Crippen LogP contribution >= 0.6 is 0 Å². The van der Waals surface area contributed by atoms with Gasteiger partial charge < -0.3 is 9.64 Å². The molecule has 3 rings (SSSR count). The Morgan fingerprint density at radius 3 is 2.33 bits per heavy atom. The molecular weight excluding hydrogens is 324 g/mol. The van der Waals surface area contributed by atoms with Crippen molar-refractivity contribution in [3.8, 4) is 0 Å². The number of methoxy groups -OCH3 is 1. The van der Waals surface area contributed by atoms with Crippen LogP contribution in [0.3, 0.4) is 0 Å². The molecule has 1 aromatic rings. The Hall–Kier alpha value is -0.950. The molecule has 1 saturated carbocycles. The molecule has 4 atom stereocenters. The first-order valence-electron chi connectivity index (χ1n) is 8.61. The molecule has 1 saturated heterocycles. The van der Waals surface area contributed by atoms with Gasteiger partial charge in [0, 0.05) is 26.2 Å². The third-order valence-electron chi connectivity index (χ3n) is 5.60. The summed E-state index contributed by atoms with van der Waals surface area (Å²) in [5.41, 5.74) is 0.855. The van der Waals surface area contributed by atoms with Gasteiger partial charge in [-0.1, -0.05) is 30.3 Å². The van der Waals surface area contributed by atoms with Crippen molar-refractivity contribution in [3.63, 3.8) is 0 Å². The molecule has 6 heteroatoms. The average molecular weight is 353 g/mol. The van der Waals surface area contributed by atoms with Gasteiger partial charge in [0.2, 0.25) is 10.0 Å². The maximum Gasteiger partial charge on any atom is 0.218 e. The van der Waals surface area contributed by atoms with Gasteiger partial charge in [-0.05, 0) is 44.3 Å². The highest BCUT2D eigenvalue weighted by Gasteiger charge is 2.45. The van der Waals surface area contributed by atoms with Crippen molar-refractivity contribution < 1.29 is 13.2 Å². The topological polar surface area (TPSA) is 49.9 Å². The summed E-state index contributed by atoms with van der Waals surface area (Å²) in [4.78, 5) is 2.21. The van der Waals surface area contributed by atoms with Crippen LogP contribution < -0.4 is 0 Å². The van der Waals surface area contributed by atoms with Crippen LogP contribution in [0.5, 0.6) is 0 Å². The minimum atomic E-state index is -3.25. The third kappa shape index (κ3) is 3.67. The van der Waals surface area contributed by atoms with Crippen LogP contribution in [0.4, 0.5) is 0 Å². The minimum Gasteiger partial charge on any atom is -0.380 e. The second-order valence-electron chi connectivity index (χ2n) is 7.36. The first-order chi connectivity index (χ1) is 11.4. The Balaban J connectivity index is 1.70. The van der Waals surface area contributed by atoms with Crippen molar-refractivity contribution in [2.45, 2.75) is 30.7 Å². The molecule has 1 aliphatic carbocycles. The number of rotatable bonds is 5. The van der Waals surface area contributed by atoms with Gasteiger partial charge in [-0.3, -0.25) is 0 Å². The predicted octanol–water partition coefficient (Wildman–Crippen LogP) is 1.80. The van der Waals surface area contributed by atoms with Gasteiger partial charge in [-0.2, -0.15) is 0 Å². The summed E-state index contributed by atoms with van der Waals surface area (Å²) in [5, 5.41) is 0. The maximum atomic E-state index is 12.8. The monoisotopic (exact) mass is 352 g/mol. The summed E-state index contributed by atoms with van der Waals surface area (Å²) in [5.74, 6) is 0.948. The Kier molecular flexibility index (Phi) is 5.30. The zero-order valence-corrected chi connectivity index (χ0v) is 15.6. The molecule has 5 nitrogen and oxygen atoms in total. The lowest BCUT2D eigenvalue weighted by molar-refractivity contribution is -0.0209. The summed E-state index contributed by atoms with van der Waals surface area (Å²) in [6.07, 6.45) is 2.15. The lowest BCUT2D eigenvalue weighted by Gasteiger charge is -2.40. The number of ether oxygens (including phenoxy) is 1. The lowest BCUT2D eigenvalue weighted by Crippen LogP contribution is -2.47. The molecule has 0 bridgehead atoms. The largest absolute Gasteiger partial charge is 0.380 e. The Morgan fingerprint density at radius 2 is 1.75 bits per heavy atom. The molecule has 1 aliphatic heterocycles. The SMILES string of the molecule is CO[C@@H]1C[C@H]2CN(S(=O)(=O)Cc3ccccc3)C[C@H]2C[C@H]1N(C)C. The van der Waals surface area contributed by atoms with Crippen LogP contribution in [0.1, 0.15) is 18.4 Å². The van der Waals surface area contributed by atoms with Crippen LogP contribution in [0.15, 0.2) is 30.3 Å². The zero-order valence-electron chi connectivity index (χ0n) is 14.8. The average Bonchev–Trinajstić information content (AvgIpc) is 2.98. The first-order valence-corrected chi connectivity index (χ1v) is 10.2. The number of nitrogens with zero attached hydrogens (tertiary/aromatic N) is 2. The van der Waals surface area contributed by atoms with E-state index in [2.05, 4.69) is 19.0 Å². The highest BCUT2D eigenvalue weighted by molar-refractivity contribution is 7.88. The van der Waals surface area contributed by atoms with Gasteiger partial charge in [0.05, 0.1) is 11.9 Å². The minimum absolute atomic E-state index is 0.0953. The molecule has 2 fully saturated rings. The van der Waals surface area contributed by atoms with E-state index in [1.165, 1.54) is 0 Å². The smallest absolute Gasteiger partial charge is 0.218 e. The summed E-state index contributed by atoms with van der Waals surface area (Å²) >= 11 is 0. The number of fused-ring (bicyclic) bond motifs is 1. The Bertz CT molecular complexity index is 647. The van der Waals surface area contributed by atoms with Crippen LogP contribution in [0.25, 0.3) is 0 Å². The molecule has 0 spiro atoms. The van der Waals surface area contributed by atoms with E-state index in [0.29, 0.717) is 31.0 Å². The van der Waals surface area contributed by atoms with Crippen molar-refractivity contribution in [1.82, 2.24) is 9.21 Å². The van der Waals surface area contributed by atoms with Gasteiger partial charge in [0.1, 0.15) is 0 Å². The van der Waals surface area contributed by atoms with E-state index in [1.807, 2.05) is 30.3 Å². The summed E-state index contributed by atoms with van der Waals surface area (Å²) in [6, 6.07) is 9.81. The van der Waals surface area contributed by atoms with E-state index in [4.69, 9.17) is 4.74 Å². The fraction of sp³-hybridized carbons (Fsp3) is 0.667. The van der Waals surface area contributed by atoms with Crippen LogP contribution in [0, 0.1) is 11.8 Å². The molecule has 1 heterocycles. The van der Waals surface area contributed by atoms with E-state index in [1.54, 1.807) is 11.4 Å². The summed E-state index contributed by atoms with van der Waals surface area (Å²) < 4.78 is 33.0. The van der Waals surface area contributed by atoms with Crippen LogP contribution in [-0.2, 0) is 20.5 Å². The molecular formula is C18H28N2O3S. The third-order valence-corrected chi connectivity index (χ3v) is 7.39. The van der Waals surface area contributed by atoms with Gasteiger partial charge in [0.25, 0.3) is 0 Å². The van der Waals surface area contributed by atoms with Gasteiger partial charge in [0.15, 0.2) is 0 Å². The Morgan fingerprint density at radius 1 is 1.12 bits per heavy atom. The van der Waals surface area contributed by atoms with Crippen molar-refractivity contribution in [3.05, 3.63) is 35.9 Å². The molecule has 0 aromatic heterocycles. The maximum absolute atomic E-state index is 12.8. The number of hydrogen-bond acceptors (Lipinski definition) is 4. The van der Waals surface area contributed by atoms with E-state index < -0.39 is 10.0 Å². The number of hydrogen-bond donors (Lipinski definition) is 0. The van der Waals surface area contributed by atoms with Gasteiger partial charge >= 0.3 is 0 Å². The number of likely N-dealkylation sites (N-methyl/N-ethyl adjacent to an activating group) is 1. The van der Waals surface area contributed by atoms with Crippen molar-refractivity contribution in [1.29, 1.82) is 0 Å². The highest BCUT2D eigenvalue weighted by Crippen LogP contribution is 2.40. The molecule has 0 N–H and O–H groups in total. The Labute approximate surface area is 145 Å². The second-order valence-corrected chi connectivity index (χ2v) is 9.32. The molecule has 24 heavy (non-hydrogen) atoms. The first kappa shape index (κ1) is 17.9. The molecule has 2 aliphatic rings. The van der Waals surface area contributed by atoms with Gasteiger partial charge in [-0.25, -0.2) is 12.7 Å². The fourth-order valence-electron chi connectivity index (χ4n) is 4.25. The lowest BCUT2D eigenvalue weighted by atomic mass is 9.77. The summed E-state index contributed by atoms with van der Waals surface area (Å²) in [7, 11) is 2.67. The molecule has 0 unspecified atom stereocenters. The van der Waals surface area contributed by atoms with E-state index in [9.17, 15) is 8.42 Å². The van der Waals surface area contributed by atoms with Gasteiger partial charge in [-0.15, -0.1) is 0 Å². The van der Waals surface area contributed by atoms with E-state index in [-0.39, 0.29) is 11.9 Å². The second kappa shape index (κ2) is 7.12. The van der Waals surface area contributed by atoms with E-state index in [0.717, 1.165) is 18.4 Å². The fourth-order valence-corrected chi connectivity index (χ4v) is 5.88. The van der Waals surface area contributed by atoms with Crippen molar-refractivity contribution in [2.75, 3.05) is 34.3 Å². The normalized spacial score (nSPS) is 31.3. The standard InChI is InChI=1S/C18H28N2O3S/c1-19(2)17-9-15-11-20(12-16(15)10-18(17)23-3)24(21,22)13-14-7-5-4-6-8-14/h4-8,15-18H,9-13H2,1-3H3/t15-,16+,17-,18-/m1/s1. The number of sulfonamides is 1. The predicted molar refractivity (Wildman–Crippen MR) is 95.1 cm³/mol. The quantitative estimate of drug-likeness (QED) is 0.811. The molecule has 134 valence electrons. The molecule has 0 radical (unpaired) electrons. The summed E-state index contributed by atoms with van der Waals surface area (Å²) in [6.45, 7) is 1.29. The zero-order chi connectivity index (χ0) is 17.3. The number of benzene rings is 1. The van der Waals surface area contributed by atoms with Crippen LogP contribution in [0.2, 0.25) is 0 Å². The van der Waals surface area contributed by atoms with Crippen LogP contribution in [-0.4, -0.2) is 64.1 Å². The highest BCUT2D eigenvalue weighted by atomic mass is 32.2.